The highest BCUT2D eigenvalue weighted by Crippen LogP contribution is 2.30. The lowest BCUT2D eigenvalue weighted by Crippen LogP contribution is -2.09. The van der Waals surface area contributed by atoms with Crippen molar-refractivity contribution in [3.05, 3.63) is 34.6 Å². The molecule has 4 nitrogen and oxygen atoms in total. The molecule has 21 heavy (non-hydrogen) atoms. The Morgan fingerprint density at radius 1 is 1.24 bits per heavy atom. The largest absolute Gasteiger partial charge is 0.378 e. The van der Waals surface area contributed by atoms with Crippen LogP contribution in [0.15, 0.2) is 24.3 Å². The molecule has 2 aromatic rings. The van der Waals surface area contributed by atoms with Crippen LogP contribution < -0.4 is 10.2 Å². The van der Waals surface area contributed by atoms with Gasteiger partial charge >= 0.3 is 0 Å². The van der Waals surface area contributed by atoms with Gasteiger partial charge in [0.25, 0.3) is 0 Å². The number of anilines is 2. The SMILES string of the molecule is CN(C)c1cccc(-c2[nH]c(=S)nc3c2CCCCN3)c1. The molecule has 0 amide bonds. The third-order valence-corrected chi connectivity index (χ3v) is 4.02. The van der Waals surface area contributed by atoms with Gasteiger partial charge in [0.2, 0.25) is 0 Å². The highest BCUT2D eigenvalue weighted by atomic mass is 32.1. The minimum Gasteiger partial charge on any atom is -0.378 e. The second-order valence-corrected chi connectivity index (χ2v) is 5.96. The molecule has 1 aliphatic rings. The summed E-state index contributed by atoms with van der Waals surface area (Å²) in [6.07, 6.45) is 3.37. The van der Waals surface area contributed by atoms with Crippen LogP contribution >= 0.6 is 12.2 Å². The maximum absolute atomic E-state index is 5.30. The van der Waals surface area contributed by atoms with Crippen molar-refractivity contribution in [2.24, 2.45) is 0 Å². The molecule has 0 saturated carbocycles. The zero-order valence-corrected chi connectivity index (χ0v) is 13.3. The van der Waals surface area contributed by atoms with Crippen LogP contribution in [0, 0.1) is 4.77 Å². The summed E-state index contributed by atoms with van der Waals surface area (Å²) in [5.74, 6) is 0.946. The lowest BCUT2D eigenvalue weighted by atomic mass is 10.0. The fourth-order valence-corrected chi connectivity index (χ4v) is 2.90. The first-order valence-corrected chi connectivity index (χ1v) is 7.71. The summed E-state index contributed by atoms with van der Waals surface area (Å²) in [7, 11) is 4.10. The van der Waals surface area contributed by atoms with E-state index in [1.54, 1.807) is 0 Å². The smallest absolute Gasteiger partial charge is 0.199 e. The van der Waals surface area contributed by atoms with Crippen LogP contribution in [0.3, 0.4) is 0 Å². The van der Waals surface area contributed by atoms with Crippen LogP contribution in [-0.2, 0) is 6.42 Å². The number of aromatic nitrogens is 2. The van der Waals surface area contributed by atoms with Crippen molar-refractivity contribution in [3.63, 3.8) is 0 Å². The van der Waals surface area contributed by atoms with Gasteiger partial charge in [0.1, 0.15) is 5.82 Å². The predicted octanol–water partition coefficient (Wildman–Crippen LogP) is 3.62. The number of hydrogen-bond donors (Lipinski definition) is 2. The van der Waals surface area contributed by atoms with E-state index in [0.717, 1.165) is 30.0 Å². The number of nitrogens with zero attached hydrogens (tertiary/aromatic N) is 2. The molecule has 1 aliphatic heterocycles. The first kappa shape index (κ1) is 14.1. The van der Waals surface area contributed by atoms with E-state index in [-0.39, 0.29) is 0 Å². The summed E-state index contributed by atoms with van der Waals surface area (Å²) in [6, 6.07) is 8.50. The van der Waals surface area contributed by atoms with Gasteiger partial charge in [-0.3, -0.25) is 0 Å². The topological polar surface area (TPSA) is 44.0 Å². The maximum Gasteiger partial charge on any atom is 0.199 e. The molecule has 0 unspecified atom stereocenters. The fourth-order valence-electron chi connectivity index (χ4n) is 2.71. The number of hydrogen-bond acceptors (Lipinski definition) is 4. The lowest BCUT2D eigenvalue weighted by Gasteiger charge is -2.16. The summed E-state index contributed by atoms with van der Waals surface area (Å²) in [4.78, 5) is 9.85. The normalized spacial score (nSPS) is 14.0. The minimum absolute atomic E-state index is 0.536. The summed E-state index contributed by atoms with van der Waals surface area (Å²) in [5, 5.41) is 3.41. The third-order valence-electron chi connectivity index (χ3n) is 3.83. The summed E-state index contributed by atoms with van der Waals surface area (Å²) in [5.41, 5.74) is 4.69. The zero-order chi connectivity index (χ0) is 14.8. The van der Waals surface area contributed by atoms with Gasteiger partial charge in [0.05, 0.1) is 5.69 Å². The number of nitrogens with one attached hydrogen (secondary N) is 2. The minimum atomic E-state index is 0.536. The van der Waals surface area contributed by atoms with Crippen LogP contribution in [0.2, 0.25) is 0 Å². The molecule has 5 heteroatoms. The van der Waals surface area contributed by atoms with Gasteiger partial charge < -0.3 is 15.2 Å². The maximum atomic E-state index is 5.30. The van der Waals surface area contributed by atoms with E-state index in [0.29, 0.717) is 4.77 Å². The van der Waals surface area contributed by atoms with E-state index in [2.05, 4.69) is 58.5 Å². The Hall–Kier alpha value is -1.88. The van der Waals surface area contributed by atoms with Gasteiger partial charge in [-0.05, 0) is 43.6 Å². The van der Waals surface area contributed by atoms with Gasteiger partial charge in [0, 0.05) is 37.5 Å². The van der Waals surface area contributed by atoms with Gasteiger partial charge in [-0.2, -0.15) is 0 Å². The Morgan fingerprint density at radius 2 is 2.10 bits per heavy atom. The second kappa shape index (κ2) is 5.85. The summed E-state index contributed by atoms with van der Waals surface area (Å²) in [6.45, 7) is 0.968. The summed E-state index contributed by atoms with van der Waals surface area (Å²) >= 11 is 5.30. The first-order valence-electron chi connectivity index (χ1n) is 7.30. The standard InChI is InChI=1S/C16H20N4S/c1-20(2)12-7-5-6-11(10-12)14-13-8-3-4-9-17-15(13)19-16(21)18-14/h5-7,10H,3-4,8-9H2,1-2H3,(H2,17,18,19,21). The van der Waals surface area contributed by atoms with Gasteiger partial charge in [-0.15, -0.1) is 0 Å². The molecule has 0 aliphatic carbocycles. The van der Waals surface area contributed by atoms with E-state index in [9.17, 15) is 0 Å². The molecule has 0 saturated heterocycles. The van der Waals surface area contributed by atoms with Crippen LogP contribution in [-0.4, -0.2) is 30.6 Å². The molecule has 1 aromatic carbocycles. The van der Waals surface area contributed by atoms with Gasteiger partial charge in [-0.1, -0.05) is 12.1 Å². The first-order chi connectivity index (χ1) is 10.1. The third kappa shape index (κ3) is 2.93. The van der Waals surface area contributed by atoms with E-state index < -0.39 is 0 Å². The number of fused-ring (bicyclic) bond motifs is 1. The number of H-pyrrole nitrogens is 1. The average Bonchev–Trinajstić information content (AvgIpc) is 2.71. The molecule has 1 aromatic heterocycles. The van der Waals surface area contributed by atoms with E-state index in [4.69, 9.17) is 12.2 Å². The number of benzene rings is 1. The molecule has 0 radical (unpaired) electrons. The highest BCUT2D eigenvalue weighted by molar-refractivity contribution is 7.71. The second-order valence-electron chi connectivity index (χ2n) is 5.57. The van der Waals surface area contributed by atoms with Crippen molar-refractivity contribution < 1.29 is 0 Å². The number of aromatic amines is 1. The molecule has 2 heterocycles. The van der Waals surface area contributed by atoms with Crippen molar-refractivity contribution in [2.75, 3.05) is 30.9 Å². The Bertz CT molecular complexity index is 706. The monoisotopic (exact) mass is 300 g/mol. The van der Waals surface area contributed by atoms with E-state index in [1.165, 1.54) is 24.1 Å². The van der Waals surface area contributed by atoms with Crippen molar-refractivity contribution in [1.82, 2.24) is 9.97 Å². The Labute approximate surface area is 130 Å². The van der Waals surface area contributed by atoms with Crippen LogP contribution in [0.1, 0.15) is 18.4 Å². The average molecular weight is 300 g/mol. The van der Waals surface area contributed by atoms with Crippen molar-refractivity contribution in [2.45, 2.75) is 19.3 Å². The predicted molar refractivity (Wildman–Crippen MR) is 90.6 cm³/mol. The van der Waals surface area contributed by atoms with E-state index in [1.807, 2.05) is 0 Å². The van der Waals surface area contributed by atoms with Crippen molar-refractivity contribution >= 4 is 23.7 Å². The van der Waals surface area contributed by atoms with Crippen LogP contribution in [0.25, 0.3) is 11.3 Å². The quantitative estimate of drug-likeness (QED) is 0.831. The molecular formula is C16H20N4S. The molecular weight excluding hydrogens is 280 g/mol. The van der Waals surface area contributed by atoms with Crippen LogP contribution in [0.4, 0.5) is 11.5 Å². The van der Waals surface area contributed by atoms with E-state index >= 15 is 0 Å². The highest BCUT2D eigenvalue weighted by Gasteiger charge is 2.15. The molecule has 0 atom stereocenters. The van der Waals surface area contributed by atoms with Gasteiger partial charge in [-0.25, -0.2) is 4.98 Å². The lowest BCUT2D eigenvalue weighted by molar-refractivity contribution is 0.785. The fraction of sp³-hybridized carbons (Fsp3) is 0.375. The van der Waals surface area contributed by atoms with Gasteiger partial charge in [0.15, 0.2) is 4.77 Å². The molecule has 0 bridgehead atoms. The molecule has 0 spiro atoms. The molecule has 3 rings (SSSR count). The van der Waals surface area contributed by atoms with Crippen LogP contribution in [0.5, 0.6) is 0 Å². The summed E-state index contributed by atoms with van der Waals surface area (Å²) < 4.78 is 0.536. The Morgan fingerprint density at radius 3 is 2.90 bits per heavy atom. The molecule has 2 N–H and O–H groups in total. The molecule has 110 valence electrons. The van der Waals surface area contributed by atoms with Crippen molar-refractivity contribution in [3.8, 4) is 11.3 Å². The number of rotatable bonds is 2. The Balaban J connectivity index is 2.16. The Kier molecular flexibility index (Phi) is 3.92. The van der Waals surface area contributed by atoms with Crippen molar-refractivity contribution in [1.29, 1.82) is 0 Å². The molecule has 0 fully saturated rings. The zero-order valence-electron chi connectivity index (χ0n) is 12.4.